The summed E-state index contributed by atoms with van der Waals surface area (Å²) in [6.07, 6.45) is 1.29. The lowest BCUT2D eigenvalue weighted by Crippen LogP contribution is -2.28. The van der Waals surface area contributed by atoms with E-state index in [-0.39, 0.29) is 18.4 Å². The Labute approximate surface area is 163 Å². The highest BCUT2D eigenvalue weighted by atomic mass is 35.5. The molecule has 0 saturated heterocycles. The predicted molar refractivity (Wildman–Crippen MR) is 109 cm³/mol. The highest BCUT2D eigenvalue weighted by Crippen LogP contribution is 2.24. The standard InChI is InChI=1S/C21H21ClN2OS/c1-3-15-7-9-16(10-8-15)21-24-19(13-26-21)12-20(25)23-14(2)17-5-4-6-18(22)11-17/h4-11,13-14H,3,12H2,1-2H3,(H,23,25). The van der Waals surface area contributed by atoms with E-state index in [4.69, 9.17) is 11.6 Å². The average molecular weight is 385 g/mol. The van der Waals surface area contributed by atoms with Gasteiger partial charge in [-0.1, -0.05) is 54.9 Å². The number of nitrogens with zero attached hydrogens (tertiary/aromatic N) is 1. The number of amides is 1. The van der Waals surface area contributed by atoms with E-state index in [9.17, 15) is 4.79 Å². The zero-order chi connectivity index (χ0) is 18.5. The van der Waals surface area contributed by atoms with Gasteiger partial charge in [-0.2, -0.15) is 0 Å². The second kappa shape index (κ2) is 8.47. The first-order chi connectivity index (χ1) is 12.5. The Hall–Kier alpha value is -2.17. The van der Waals surface area contributed by atoms with Crippen molar-refractivity contribution in [3.63, 3.8) is 0 Å². The van der Waals surface area contributed by atoms with Crippen molar-refractivity contribution in [1.29, 1.82) is 0 Å². The zero-order valence-corrected chi connectivity index (χ0v) is 16.4. The fourth-order valence-corrected chi connectivity index (χ4v) is 3.74. The molecule has 0 aliphatic rings. The number of aryl methyl sites for hydroxylation is 1. The van der Waals surface area contributed by atoms with Gasteiger partial charge in [0.05, 0.1) is 18.2 Å². The van der Waals surface area contributed by atoms with Crippen LogP contribution in [0.15, 0.2) is 53.9 Å². The van der Waals surface area contributed by atoms with E-state index in [0.717, 1.165) is 28.2 Å². The Morgan fingerprint density at radius 1 is 1.23 bits per heavy atom. The van der Waals surface area contributed by atoms with Gasteiger partial charge in [0.2, 0.25) is 5.91 Å². The molecule has 1 N–H and O–H groups in total. The molecule has 3 nitrogen and oxygen atoms in total. The quantitative estimate of drug-likeness (QED) is 0.614. The molecule has 0 spiro atoms. The van der Waals surface area contributed by atoms with Crippen LogP contribution in [0.1, 0.15) is 36.7 Å². The molecule has 1 amide bonds. The number of aromatic nitrogens is 1. The molecule has 5 heteroatoms. The number of halogens is 1. The zero-order valence-electron chi connectivity index (χ0n) is 14.8. The molecule has 134 valence electrons. The molecule has 0 aliphatic carbocycles. The molecule has 1 heterocycles. The maximum Gasteiger partial charge on any atom is 0.226 e. The largest absolute Gasteiger partial charge is 0.349 e. The van der Waals surface area contributed by atoms with Gasteiger partial charge in [-0.3, -0.25) is 4.79 Å². The maximum atomic E-state index is 12.3. The summed E-state index contributed by atoms with van der Waals surface area (Å²) < 4.78 is 0. The Morgan fingerprint density at radius 2 is 2.00 bits per heavy atom. The molecule has 0 bridgehead atoms. The summed E-state index contributed by atoms with van der Waals surface area (Å²) in [5.41, 5.74) is 4.17. The summed E-state index contributed by atoms with van der Waals surface area (Å²) >= 11 is 7.58. The van der Waals surface area contributed by atoms with Crippen molar-refractivity contribution in [1.82, 2.24) is 10.3 Å². The van der Waals surface area contributed by atoms with Gasteiger partial charge >= 0.3 is 0 Å². The van der Waals surface area contributed by atoms with E-state index in [1.165, 1.54) is 5.56 Å². The number of benzene rings is 2. The van der Waals surface area contributed by atoms with Gasteiger partial charge in [-0.05, 0) is 36.6 Å². The van der Waals surface area contributed by atoms with Gasteiger partial charge in [0.25, 0.3) is 0 Å². The molecule has 1 unspecified atom stereocenters. The number of thiazole rings is 1. The van der Waals surface area contributed by atoms with Crippen LogP contribution in [0.5, 0.6) is 0 Å². The molecule has 3 aromatic rings. The van der Waals surface area contributed by atoms with Crippen LogP contribution in [0.2, 0.25) is 5.02 Å². The highest BCUT2D eigenvalue weighted by Gasteiger charge is 2.13. The van der Waals surface area contributed by atoms with Crippen molar-refractivity contribution >= 4 is 28.8 Å². The third kappa shape index (κ3) is 4.71. The molecule has 2 aromatic carbocycles. The monoisotopic (exact) mass is 384 g/mol. The minimum Gasteiger partial charge on any atom is -0.349 e. The van der Waals surface area contributed by atoms with Crippen LogP contribution in [0, 0.1) is 0 Å². The van der Waals surface area contributed by atoms with Crippen molar-refractivity contribution in [2.75, 3.05) is 0 Å². The first-order valence-electron chi connectivity index (χ1n) is 8.63. The number of hydrogen-bond donors (Lipinski definition) is 1. The molecule has 3 rings (SSSR count). The smallest absolute Gasteiger partial charge is 0.226 e. The fourth-order valence-electron chi connectivity index (χ4n) is 2.72. The van der Waals surface area contributed by atoms with E-state index >= 15 is 0 Å². The molecule has 0 fully saturated rings. The van der Waals surface area contributed by atoms with Gasteiger partial charge in [0, 0.05) is 16.0 Å². The van der Waals surface area contributed by atoms with Crippen molar-refractivity contribution in [3.05, 3.63) is 75.8 Å². The van der Waals surface area contributed by atoms with E-state index in [0.29, 0.717) is 5.02 Å². The summed E-state index contributed by atoms with van der Waals surface area (Å²) in [4.78, 5) is 16.9. The number of hydrogen-bond acceptors (Lipinski definition) is 3. The fraction of sp³-hybridized carbons (Fsp3) is 0.238. The summed E-state index contributed by atoms with van der Waals surface area (Å²) in [7, 11) is 0. The van der Waals surface area contributed by atoms with Crippen molar-refractivity contribution in [3.8, 4) is 10.6 Å². The van der Waals surface area contributed by atoms with Crippen LogP contribution >= 0.6 is 22.9 Å². The second-order valence-corrected chi connectivity index (χ2v) is 7.51. The summed E-state index contributed by atoms with van der Waals surface area (Å²) in [5.74, 6) is -0.0457. The van der Waals surface area contributed by atoms with Gasteiger partial charge in [0.15, 0.2) is 0 Å². The Balaban J connectivity index is 1.62. The number of carbonyl (C=O) groups is 1. The number of nitrogens with one attached hydrogen (secondary N) is 1. The Kier molecular flexibility index (Phi) is 6.07. The average Bonchev–Trinajstić information content (AvgIpc) is 3.10. The third-order valence-corrected chi connectivity index (χ3v) is 5.40. The van der Waals surface area contributed by atoms with Crippen LogP contribution in [0.4, 0.5) is 0 Å². The molecular weight excluding hydrogens is 364 g/mol. The van der Waals surface area contributed by atoms with Crippen LogP contribution in [-0.2, 0) is 17.6 Å². The molecule has 1 atom stereocenters. The van der Waals surface area contributed by atoms with E-state index in [2.05, 4.69) is 41.5 Å². The van der Waals surface area contributed by atoms with Crippen molar-refractivity contribution < 1.29 is 4.79 Å². The molecule has 26 heavy (non-hydrogen) atoms. The number of rotatable bonds is 6. The maximum absolute atomic E-state index is 12.3. The normalized spacial score (nSPS) is 12.0. The van der Waals surface area contributed by atoms with Crippen LogP contribution in [0.3, 0.4) is 0 Å². The predicted octanol–water partition coefficient (Wildman–Crippen LogP) is 5.45. The van der Waals surface area contributed by atoms with Crippen LogP contribution in [-0.4, -0.2) is 10.9 Å². The van der Waals surface area contributed by atoms with Gasteiger partial charge < -0.3 is 5.32 Å². The Bertz CT molecular complexity index is 889. The van der Waals surface area contributed by atoms with Crippen molar-refractivity contribution in [2.24, 2.45) is 0 Å². The minimum atomic E-state index is -0.0964. The van der Waals surface area contributed by atoms with Gasteiger partial charge in [-0.15, -0.1) is 11.3 Å². The molecule has 0 radical (unpaired) electrons. The lowest BCUT2D eigenvalue weighted by Gasteiger charge is -2.14. The highest BCUT2D eigenvalue weighted by molar-refractivity contribution is 7.13. The first-order valence-corrected chi connectivity index (χ1v) is 9.89. The summed E-state index contributed by atoms with van der Waals surface area (Å²) in [5, 5.41) is 6.57. The molecular formula is C21H21ClN2OS. The number of carbonyl (C=O) groups excluding carboxylic acids is 1. The van der Waals surface area contributed by atoms with Crippen LogP contribution in [0.25, 0.3) is 10.6 Å². The summed E-state index contributed by atoms with van der Waals surface area (Å²) in [6.45, 7) is 4.09. The van der Waals surface area contributed by atoms with Gasteiger partial charge in [-0.25, -0.2) is 4.98 Å². The second-order valence-electron chi connectivity index (χ2n) is 6.22. The van der Waals surface area contributed by atoms with E-state index < -0.39 is 0 Å². The lowest BCUT2D eigenvalue weighted by molar-refractivity contribution is -0.121. The lowest BCUT2D eigenvalue weighted by atomic mass is 10.1. The topological polar surface area (TPSA) is 42.0 Å². The van der Waals surface area contributed by atoms with Crippen molar-refractivity contribution in [2.45, 2.75) is 32.7 Å². The molecule has 0 saturated carbocycles. The Morgan fingerprint density at radius 3 is 2.69 bits per heavy atom. The molecule has 0 aliphatic heterocycles. The third-order valence-electron chi connectivity index (χ3n) is 4.23. The minimum absolute atomic E-state index is 0.0457. The van der Waals surface area contributed by atoms with Gasteiger partial charge in [0.1, 0.15) is 5.01 Å². The van der Waals surface area contributed by atoms with E-state index in [1.807, 2.05) is 36.6 Å². The first kappa shape index (κ1) is 18.6. The summed E-state index contributed by atoms with van der Waals surface area (Å²) in [6, 6.07) is 15.9. The van der Waals surface area contributed by atoms with Crippen LogP contribution < -0.4 is 5.32 Å². The van der Waals surface area contributed by atoms with E-state index in [1.54, 1.807) is 11.3 Å². The molecule has 1 aromatic heterocycles. The SMILES string of the molecule is CCc1ccc(-c2nc(CC(=O)NC(C)c3cccc(Cl)c3)cs2)cc1.